The Morgan fingerprint density at radius 1 is 1.21 bits per heavy atom. The average molecular weight is 276 g/mol. The summed E-state index contributed by atoms with van der Waals surface area (Å²) in [5.74, 6) is 0. The lowest BCUT2D eigenvalue weighted by Gasteiger charge is -2.24. The summed E-state index contributed by atoms with van der Waals surface area (Å²) in [4.78, 5) is 6.28. The fraction of sp³-hybridized carbons (Fsp3) is 0.267. The molecular formula is C15H18ClN3. The Hall–Kier alpha value is -1.74. The molecule has 0 amide bonds. The zero-order valence-corrected chi connectivity index (χ0v) is 11.8. The maximum atomic E-state index is 6.25. The highest BCUT2D eigenvalue weighted by Crippen LogP contribution is 2.27. The summed E-state index contributed by atoms with van der Waals surface area (Å²) in [5, 5.41) is 0.705. The van der Waals surface area contributed by atoms with E-state index in [2.05, 4.69) is 16.8 Å². The molecule has 2 rings (SSSR count). The molecule has 0 spiro atoms. The molecule has 0 bridgehead atoms. The van der Waals surface area contributed by atoms with Crippen molar-refractivity contribution in [3.8, 4) is 0 Å². The van der Waals surface area contributed by atoms with Gasteiger partial charge in [0.15, 0.2) is 0 Å². The summed E-state index contributed by atoms with van der Waals surface area (Å²) in [5.41, 5.74) is 8.73. The first-order chi connectivity index (χ1) is 9.20. The van der Waals surface area contributed by atoms with Gasteiger partial charge in [-0.3, -0.25) is 4.98 Å². The summed E-state index contributed by atoms with van der Waals surface area (Å²) >= 11 is 6.25. The van der Waals surface area contributed by atoms with Crippen LogP contribution in [0.4, 0.5) is 11.4 Å². The molecule has 4 heteroatoms. The van der Waals surface area contributed by atoms with Crippen molar-refractivity contribution < 1.29 is 0 Å². The minimum absolute atomic E-state index is 0.693. The van der Waals surface area contributed by atoms with Crippen LogP contribution in [-0.2, 0) is 6.42 Å². The van der Waals surface area contributed by atoms with Gasteiger partial charge in [-0.25, -0.2) is 0 Å². The standard InChI is InChI=1S/C15H18ClN3/c1-2-19(10-7-12-5-8-18-9-6-12)15-4-3-13(17)11-14(15)16/h3-6,8-9,11H,2,7,10,17H2,1H3. The number of hydrogen-bond acceptors (Lipinski definition) is 3. The largest absolute Gasteiger partial charge is 0.399 e. The molecule has 19 heavy (non-hydrogen) atoms. The number of nitrogens with two attached hydrogens (primary N) is 1. The van der Waals surface area contributed by atoms with E-state index < -0.39 is 0 Å². The lowest BCUT2D eigenvalue weighted by atomic mass is 10.2. The summed E-state index contributed by atoms with van der Waals surface area (Å²) in [6.45, 7) is 3.96. The first kappa shape index (κ1) is 13.7. The van der Waals surface area contributed by atoms with E-state index in [4.69, 9.17) is 17.3 Å². The average Bonchev–Trinajstić information content (AvgIpc) is 2.42. The van der Waals surface area contributed by atoms with Crippen LogP contribution in [0.5, 0.6) is 0 Å². The molecule has 0 aliphatic carbocycles. The van der Waals surface area contributed by atoms with Crippen LogP contribution in [0, 0.1) is 0 Å². The molecule has 0 unspecified atom stereocenters. The van der Waals surface area contributed by atoms with E-state index in [1.165, 1.54) is 5.56 Å². The monoisotopic (exact) mass is 275 g/mol. The minimum Gasteiger partial charge on any atom is -0.399 e. The molecule has 0 saturated heterocycles. The number of pyridine rings is 1. The Balaban J connectivity index is 2.08. The predicted octanol–water partition coefficient (Wildman–Crippen LogP) is 3.39. The molecule has 100 valence electrons. The smallest absolute Gasteiger partial charge is 0.0660 e. The van der Waals surface area contributed by atoms with Gasteiger partial charge in [0.1, 0.15) is 0 Å². The summed E-state index contributed by atoms with van der Waals surface area (Å²) in [6.07, 6.45) is 4.61. The summed E-state index contributed by atoms with van der Waals surface area (Å²) < 4.78 is 0. The molecular weight excluding hydrogens is 258 g/mol. The quantitative estimate of drug-likeness (QED) is 0.851. The van der Waals surface area contributed by atoms with Crippen molar-refractivity contribution in [2.75, 3.05) is 23.7 Å². The van der Waals surface area contributed by atoms with Crippen LogP contribution in [0.15, 0.2) is 42.7 Å². The highest BCUT2D eigenvalue weighted by molar-refractivity contribution is 6.33. The van der Waals surface area contributed by atoms with Crippen LogP contribution in [0.25, 0.3) is 0 Å². The Labute approximate surface area is 119 Å². The van der Waals surface area contributed by atoms with Crippen LogP contribution in [0.3, 0.4) is 0 Å². The van der Waals surface area contributed by atoms with E-state index >= 15 is 0 Å². The first-order valence-corrected chi connectivity index (χ1v) is 6.77. The molecule has 0 aliphatic rings. The number of nitrogen functional groups attached to an aromatic ring is 1. The third kappa shape index (κ3) is 3.61. The Bertz CT molecular complexity index is 528. The maximum absolute atomic E-state index is 6.25. The van der Waals surface area contributed by atoms with Crippen LogP contribution in [0.1, 0.15) is 12.5 Å². The van der Waals surface area contributed by atoms with Gasteiger partial charge in [-0.15, -0.1) is 0 Å². The molecule has 0 saturated carbocycles. The topological polar surface area (TPSA) is 42.2 Å². The number of halogens is 1. The van der Waals surface area contributed by atoms with Crippen molar-refractivity contribution in [1.82, 2.24) is 4.98 Å². The van der Waals surface area contributed by atoms with Crippen LogP contribution < -0.4 is 10.6 Å². The molecule has 2 aromatic rings. The third-order valence-electron chi connectivity index (χ3n) is 3.11. The van der Waals surface area contributed by atoms with Gasteiger partial charge < -0.3 is 10.6 Å². The van der Waals surface area contributed by atoms with Gasteiger partial charge in [0.25, 0.3) is 0 Å². The van der Waals surface area contributed by atoms with Crippen LogP contribution in [0.2, 0.25) is 5.02 Å². The second-order valence-electron chi connectivity index (χ2n) is 4.40. The SMILES string of the molecule is CCN(CCc1ccncc1)c1ccc(N)cc1Cl. The highest BCUT2D eigenvalue weighted by Gasteiger charge is 2.09. The number of anilines is 2. The minimum atomic E-state index is 0.693. The maximum Gasteiger partial charge on any atom is 0.0660 e. The molecule has 1 aromatic carbocycles. The van der Waals surface area contributed by atoms with Gasteiger partial charge >= 0.3 is 0 Å². The van der Waals surface area contributed by atoms with Gasteiger partial charge in [0, 0.05) is 31.2 Å². The van der Waals surface area contributed by atoms with E-state index in [9.17, 15) is 0 Å². The molecule has 3 nitrogen and oxygen atoms in total. The normalized spacial score (nSPS) is 10.4. The van der Waals surface area contributed by atoms with Crippen molar-refractivity contribution >= 4 is 23.0 Å². The fourth-order valence-electron chi connectivity index (χ4n) is 2.04. The highest BCUT2D eigenvalue weighted by atomic mass is 35.5. The van der Waals surface area contributed by atoms with Crippen molar-refractivity contribution in [2.45, 2.75) is 13.3 Å². The zero-order valence-electron chi connectivity index (χ0n) is 11.0. The fourth-order valence-corrected chi connectivity index (χ4v) is 2.35. The lowest BCUT2D eigenvalue weighted by Crippen LogP contribution is -2.25. The number of benzene rings is 1. The van der Waals surface area contributed by atoms with E-state index in [1.807, 2.05) is 36.7 Å². The number of aromatic nitrogens is 1. The van der Waals surface area contributed by atoms with E-state index in [0.717, 1.165) is 25.2 Å². The number of likely N-dealkylation sites (N-methyl/N-ethyl adjacent to an activating group) is 1. The van der Waals surface area contributed by atoms with Crippen molar-refractivity contribution in [3.63, 3.8) is 0 Å². The lowest BCUT2D eigenvalue weighted by molar-refractivity contribution is 0.808. The predicted molar refractivity (Wildman–Crippen MR) is 81.7 cm³/mol. The Morgan fingerprint density at radius 3 is 2.58 bits per heavy atom. The number of rotatable bonds is 5. The molecule has 0 atom stereocenters. The number of hydrogen-bond donors (Lipinski definition) is 1. The van der Waals surface area contributed by atoms with Gasteiger partial charge in [-0.05, 0) is 49.2 Å². The number of nitrogens with zero attached hydrogens (tertiary/aromatic N) is 2. The molecule has 1 heterocycles. The zero-order chi connectivity index (χ0) is 13.7. The van der Waals surface area contributed by atoms with E-state index in [-0.39, 0.29) is 0 Å². The second kappa shape index (κ2) is 6.43. The van der Waals surface area contributed by atoms with Gasteiger partial charge in [0.2, 0.25) is 0 Å². The van der Waals surface area contributed by atoms with Crippen LogP contribution in [-0.4, -0.2) is 18.1 Å². The Kier molecular flexibility index (Phi) is 4.63. The summed E-state index contributed by atoms with van der Waals surface area (Å²) in [7, 11) is 0. The summed E-state index contributed by atoms with van der Waals surface area (Å²) in [6, 6.07) is 9.74. The van der Waals surface area contributed by atoms with Gasteiger partial charge in [0.05, 0.1) is 10.7 Å². The molecule has 2 N–H and O–H groups in total. The second-order valence-corrected chi connectivity index (χ2v) is 4.80. The molecule has 0 fully saturated rings. The van der Waals surface area contributed by atoms with Crippen molar-refractivity contribution in [3.05, 3.63) is 53.3 Å². The van der Waals surface area contributed by atoms with E-state index in [0.29, 0.717) is 10.7 Å². The van der Waals surface area contributed by atoms with E-state index in [1.54, 1.807) is 6.07 Å². The van der Waals surface area contributed by atoms with Crippen molar-refractivity contribution in [2.24, 2.45) is 0 Å². The van der Waals surface area contributed by atoms with Gasteiger partial charge in [-0.1, -0.05) is 11.6 Å². The third-order valence-corrected chi connectivity index (χ3v) is 3.42. The van der Waals surface area contributed by atoms with Gasteiger partial charge in [-0.2, -0.15) is 0 Å². The molecule has 0 radical (unpaired) electrons. The molecule has 0 aliphatic heterocycles. The van der Waals surface area contributed by atoms with Crippen LogP contribution >= 0.6 is 11.6 Å². The Morgan fingerprint density at radius 2 is 1.95 bits per heavy atom. The molecule has 1 aromatic heterocycles. The van der Waals surface area contributed by atoms with Crippen molar-refractivity contribution in [1.29, 1.82) is 0 Å². The first-order valence-electron chi connectivity index (χ1n) is 6.39.